The number of piperidine rings is 1. The summed E-state index contributed by atoms with van der Waals surface area (Å²) < 4.78 is 0. The Kier molecular flexibility index (Phi) is 4.12. The molecule has 1 aliphatic heterocycles. The lowest BCUT2D eigenvalue weighted by Gasteiger charge is -2.30. The number of rotatable bonds is 3. The van der Waals surface area contributed by atoms with Crippen molar-refractivity contribution in [3.8, 4) is 17.2 Å². The quantitative estimate of drug-likeness (QED) is 0.763. The van der Waals surface area contributed by atoms with Crippen molar-refractivity contribution >= 4 is 16.7 Å². The SMILES string of the molecule is CC(C)(C#N)c1cc(-c2ccnc3[nH]ncc23)cc(N2CCCCC2)c1. The highest BCUT2D eigenvalue weighted by molar-refractivity contribution is 5.93. The summed E-state index contributed by atoms with van der Waals surface area (Å²) in [5.74, 6) is 0. The maximum Gasteiger partial charge on any atom is 0.155 e. The second kappa shape index (κ2) is 6.45. The molecule has 0 radical (unpaired) electrons. The second-order valence-electron chi connectivity index (χ2n) is 7.54. The predicted molar refractivity (Wildman–Crippen MR) is 104 cm³/mol. The first-order valence-electron chi connectivity index (χ1n) is 9.19. The van der Waals surface area contributed by atoms with E-state index < -0.39 is 5.41 Å². The van der Waals surface area contributed by atoms with Crippen LogP contribution in [0.5, 0.6) is 0 Å². The summed E-state index contributed by atoms with van der Waals surface area (Å²) in [7, 11) is 0. The van der Waals surface area contributed by atoms with Crippen LogP contribution in [0.1, 0.15) is 38.7 Å². The molecule has 26 heavy (non-hydrogen) atoms. The van der Waals surface area contributed by atoms with Crippen molar-refractivity contribution in [2.75, 3.05) is 18.0 Å². The fraction of sp³-hybridized carbons (Fsp3) is 0.381. The molecule has 5 heteroatoms. The molecule has 3 heterocycles. The fourth-order valence-electron chi connectivity index (χ4n) is 3.63. The number of fused-ring (bicyclic) bond motifs is 1. The first-order chi connectivity index (χ1) is 12.6. The van der Waals surface area contributed by atoms with Gasteiger partial charge in [-0.25, -0.2) is 4.98 Å². The van der Waals surface area contributed by atoms with Gasteiger partial charge in [-0.1, -0.05) is 0 Å². The van der Waals surface area contributed by atoms with Crippen LogP contribution in [0.4, 0.5) is 5.69 Å². The van der Waals surface area contributed by atoms with Crippen molar-refractivity contribution < 1.29 is 0 Å². The Bertz CT molecular complexity index is 973. The Morgan fingerprint density at radius 3 is 2.73 bits per heavy atom. The third kappa shape index (κ3) is 2.92. The monoisotopic (exact) mass is 345 g/mol. The van der Waals surface area contributed by atoms with E-state index in [1.807, 2.05) is 26.1 Å². The molecule has 1 N–H and O–H groups in total. The molecule has 1 saturated heterocycles. The van der Waals surface area contributed by atoms with Crippen LogP contribution in [-0.4, -0.2) is 28.3 Å². The van der Waals surface area contributed by atoms with Gasteiger partial charge >= 0.3 is 0 Å². The lowest BCUT2D eigenvalue weighted by Crippen LogP contribution is -2.29. The average molecular weight is 345 g/mol. The Hall–Kier alpha value is -2.87. The number of nitriles is 1. The number of benzene rings is 1. The first-order valence-corrected chi connectivity index (χ1v) is 9.19. The minimum Gasteiger partial charge on any atom is -0.372 e. The van der Waals surface area contributed by atoms with Gasteiger partial charge in [0.15, 0.2) is 5.65 Å². The third-order valence-corrected chi connectivity index (χ3v) is 5.31. The van der Waals surface area contributed by atoms with E-state index in [2.05, 4.69) is 44.3 Å². The fourth-order valence-corrected chi connectivity index (χ4v) is 3.63. The predicted octanol–water partition coefficient (Wildman–Crippen LogP) is 4.42. The van der Waals surface area contributed by atoms with Gasteiger partial charge in [0.2, 0.25) is 0 Å². The summed E-state index contributed by atoms with van der Waals surface area (Å²) in [5.41, 5.74) is 4.70. The molecule has 3 aromatic rings. The van der Waals surface area contributed by atoms with Crippen LogP contribution in [0, 0.1) is 11.3 Å². The van der Waals surface area contributed by atoms with Gasteiger partial charge in [0.1, 0.15) is 0 Å². The summed E-state index contributed by atoms with van der Waals surface area (Å²) in [6, 6.07) is 11.0. The molecule has 1 aliphatic rings. The van der Waals surface area contributed by atoms with E-state index in [4.69, 9.17) is 0 Å². The summed E-state index contributed by atoms with van der Waals surface area (Å²) in [4.78, 5) is 6.79. The standard InChI is InChI=1S/C21H23N5/c1-21(2,14-22)16-10-15(11-17(12-16)26-8-4-3-5-9-26)18-6-7-23-20-19(18)13-24-25-20/h6-7,10-13H,3-5,8-9H2,1-2H3,(H,23,24,25). The number of hydrogen-bond donors (Lipinski definition) is 1. The maximum absolute atomic E-state index is 9.66. The van der Waals surface area contributed by atoms with Crippen LogP contribution < -0.4 is 4.90 Å². The molecule has 0 saturated carbocycles. The highest BCUT2D eigenvalue weighted by Gasteiger charge is 2.23. The molecule has 0 atom stereocenters. The largest absolute Gasteiger partial charge is 0.372 e. The van der Waals surface area contributed by atoms with Crippen molar-refractivity contribution in [3.63, 3.8) is 0 Å². The van der Waals surface area contributed by atoms with Crippen molar-refractivity contribution in [2.45, 2.75) is 38.5 Å². The van der Waals surface area contributed by atoms with Crippen LogP contribution in [0.25, 0.3) is 22.2 Å². The van der Waals surface area contributed by atoms with E-state index in [9.17, 15) is 5.26 Å². The zero-order valence-corrected chi connectivity index (χ0v) is 15.3. The van der Waals surface area contributed by atoms with Gasteiger partial charge < -0.3 is 4.90 Å². The number of hydrogen-bond acceptors (Lipinski definition) is 4. The van der Waals surface area contributed by atoms with E-state index >= 15 is 0 Å². The van der Waals surface area contributed by atoms with Gasteiger partial charge in [-0.05, 0) is 74.1 Å². The zero-order chi connectivity index (χ0) is 18.1. The van der Waals surface area contributed by atoms with E-state index in [-0.39, 0.29) is 0 Å². The summed E-state index contributed by atoms with van der Waals surface area (Å²) in [6.45, 7) is 6.11. The van der Waals surface area contributed by atoms with E-state index in [1.165, 1.54) is 24.9 Å². The highest BCUT2D eigenvalue weighted by Crippen LogP contribution is 2.35. The molecule has 132 valence electrons. The number of H-pyrrole nitrogens is 1. The highest BCUT2D eigenvalue weighted by atomic mass is 15.1. The van der Waals surface area contributed by atoms with Crippen molar-refractivity contribution in [1.82, 2.24) is 15.2 Å². The van der Waals surface area contributed by atoms with Crippen molar-refractivity contribution in [1.29, 1.82) is 5.26 Å². The number of aromatic nitrogens is 3. The Morgan fingerprint density at radius 1 is 1.15 bits per heavy atom. The van der Waals surface area contributed by atoms with Gasteiger partial charge in [-0.3, -0.25) is 5.10 Å². The van der Waals surface area contributed by atoms with Crippen molar-refractivity contribution in [2.24, 2.45) is 0 Å². The van der Waals surface area contributed by atoms with Gasteiger partial charge in [0.05, 0.1) is 17.7 Å². The Labute approximate surface area is 153 Å². The number of aromatic amines is 1. The average Bonchev–Trinajstić information content (AvgIpc) is 3.17. The number of anilines is 1. The molecule has 4 rings (SSSR count). The lowest BCUT2D eigenvalue weighted by molar-refractivity contribution is 0.577. The van der Waals surface area contributed by atoms with Gasteiger partial charge in [-0.15, -0.1) is 0 Å². The third-order valence-electron chi connectivity index (χ3n) is 5.31. The molecule has 0 amide bonds. The van der Waals surface area contributed by atoms with Crippen LogP contribution in [0.15, 0.2) is 36.7 Å². The Balaban J connectivity index is 1.89. The molecule has 0 aliphatic carbocycles. The topological polar surface area (TPSA) is 68.6 Å². The number of nitrogens with zero attached hydrogens (tertiary/aromatic N) is 4. The van der Waals surface area contributed by atoms with Crippen LogP contribution >= 0.6 is 0 Å². The first kappa shape index (κ1) is 16.6. The van der Waals surface area contributed by atoms with Crippen molar-refractivity contribution in [3.05, 3.63) is 42.2 Å². The van der Waals surface area contributed by atoms with Gasteiger partial charge in [0, 0.05) is 30.4 Å². The van der Waals surface area contributed by atoms with Crippen LogP contribution in [0.2, 0.25) is 0 Å². The van der Waals surface area contributed by atoms with Gasteiger partial charge in [-0.2, -0.15) is 10.4 Å². The molecule has 2 aromatic heterocycles. The van der Waals surface area contributed by atoms with E-state index in [1.54, 1.807) is 6.20 Å². The smallest absolute Gasteiger partial charge is 0.155 e. The van der Waals surface area contributed by atoms with Crippen LogP contribution in [0.3, 0.4) is 0 Å². The molecule has 0 bridgehead atoms. The summed E-state index contributed by atoms with van der Waals surface area (Å²) >= 11 is 0. The molecule has 1 aromatic carbocycles. The molecule has 0 spiro atoms. The van der Waals surface area contributed by atoms with E-state index in [0.717, 1.165) is 40.8 Å². The molecular weight excluding hydrogens is 322 g/mol. The molecule has 5 nitrogen and oxygen atoms in total. The lowest BCUT2D eigenvalue weighted by atomic mass is 9.84. The Morgan fingerprint density at radius 2 is 1.96 bits per heavy atom. The molecule has 1 fully saturated rings. The van der Waals surface area contributed by atoms with Gasteiger partial charge in [0.25, 0.3) is 0 Å². The minimum atomic E-state index is -0.539. The van der Waals surface area contributed by atoms with E-state index in [0.29, 0.717) is 0 Å². The summed E-state index contributed by atoms with van der Waals surface area (Å²) in [5, 5.41) is 17.7. The molecular formula is C21H23N5. The zero-order valence-electron chi connectivity index (χ0n) is 15.3. The number of nitrogens with one attached hydrogen (secondary N) is 1. The normalized spacial score (nSPS) is 15.2. The minimum absolute atomic E-state index is 0.539. The maximum atomic E-state index is 9.66. The number of pyridine rings is 1. The molecule has 0 unspecified atom stereocenters. The second-order valence-corrected chi connectivity index (χ2v) is 7.54. The van der Waals surface area contributed by atoms with Crippen LogP contribution in [-0.2, 0) is 5.41 Å². The summed E-state index contributed by atoms with van der Waals surface area (Å²) in [6.07, 6.45) is 7.37.